The molecule has 2 aliphatic rings. The van der Waals surface area contributed by atoms with Gasteiger partial charge in [-0.15, -0.1) is 0 Å². The molecule has 0 aromatic carbocycles. The zero-order chi connectivity index (χ0) is 24.3. The number of rotatable bonds is 6. The molecule has 180 valence electrons. The Bertz CT molecular complexity index is 1120. The number of aromatic nitrogens is 3. The van der Waals surface area contributed by atoms with Crippen LogP contribution in [0, 0.1) is 11.3 Å². The van der Waals surface area contributed by atoms with E-state index in [1.807, 2.05) is 32.0 Å². The molecule has 1 saturated heterocycles. The minimum Gasteiger partial charge on any atom is -0.393 e. The third-order valence-corrected chi connectivity index (χ3v) is 6.60. The third-order valence-electron chi connectivity index (χ3n) is 6.60. The van der Waals surface area contributed by atoms with Crippen molar-refractivity contribution in [2.75, 3.05) is 18.5 Å². The molecule has 1 fully saturated rings. The summed E-state index contributed by atoms with van der Waals surface area (Å²) in [6, 6.07) is 5.64. The summed E-state index contributed by atoms with van der Waals surface area (Å²) in [5, 5.41) is 31.8. The molecule has 1 aliphatic carbocycles. The van der Waals surface area contributed by atoms with Crippen LogP contribution in [-0.2, 0) is 4.74 Å². The van der Waals surface area contributed by atoms with Crippen LogP contribution in [-0.4, -0.2) is 55.5 Å². The first kappa shape index (κ1) is 24.1. The van der Waals surface area contributed by atoms with Gasteiger partial charge in [-0.2, -0.15) is 5.26 Å². The molecule has 34 heavy (non-hydrogen) atoms. The number of aliphatic hydroxyl groups excluding tert-OH is 2. The van der Waals surface area contributed by atoms with Crippen LogP contribution in [0.3, 0.4) is 0 Å². The van der Waals surface area contributed by atoms with Gasteiger partial charge in [-0.1, -0.05) is 6.08 Å². The predicted molar refractivity (Wildman–Crippen MR) is 126 cm³/mol. The van der Waals surface area contributed by atoms with Gasteiger partial charge in [0.2, 0.25) is 0 Å². The Hall–Kier alpha value is -3.06. The van der Waals surface area contributed by atoms with Gasteiger partial charge in [0.25, 0.3) is 5.91 Å². The molecule has 4 N–H and O–H groups in total. The Morgan fingerprint density at radius 2 is 1.97 bits per heavy atom. The molecule has 3 atom stereocenters. The number of aromatic amines is 1. The SMILES string of the molecule is C[C@]1(CO)C[C@H](c2ccc(NC(=O)c3nc(C#N)c[nH]3)c(C3=CCCCC3)n2)C[C@@](C)(CO)O1. The first-order valence-electron chi connectivity index (χ1n) is 11.7. The Morgan fingerprint density at radius 3 is 2.56 bits per heavy atom. The van der Waals surface area contributed by atoms with Crippen molar-refractivity contribution in [3.05, 3.63) is 47.3 Å². The number of hydrogen-bond acceptors (Lipinski definition) is 7. The van der Waals surface area contributed by atoms with Gasteiger partial charge in [-0.25, -0.2) is 4.98 Å². The standard InChI is InChI=1S/C25H31N5O4/c1-24(14-31)10-17(11-25(2,15-32)34-24)19-8-9-20(21(29-19)16-6-4-3-5-7-16)30-23(33)22-27-13-18(12-26)28-22/h6,8-9,13,17,31-32H,3-5,7,10-11,14-15H2,1-2H3,(H,27,28)(H,30,33)/t17-,24+,25-. The molecular weight excluding hydrogens is 434 g/mol. The van der Waals surface area contributed by atoms with Crippen molar-refractivity contribution >= 4 is 17.2 Å². The predicted octanol–water partition coefficient (Wildman–Crippen LogP) is 3.28. The van der Waals surface area contributed by atoms with Gasteiger partial charge in [0.1, 0.15) is 6.07 Å². The third kappa shape index (κ3) is 5.04. The number of nitrogens with zero attached hydrogens (tertiary/aromatic N) is 3. The first-order chi connectivity index (χ1) is 16.3. The number of carbonyl (C=O) groups excluding carboxylic acids is 1. The lowest BCUT2D eigenvalue weighted by Gasteiger charge is -2.47. The highest BCUT2D eigenvalue weighted by molar-refractivity contribution is 6.03. The second-order valence-electron chi connectivity index (χ2n) is 9.73. The number of allylic oxidation sites excluding steroid dienone is 2. The maximum atomic E-state index is 12.8. The van der Waals surface area contributed by atoms with E-state index in [1.54, 1.807) is 0 Å². The minimum absolute atomic E-state index is 0.0287. The molecule has 0 saturated carbocycles. The summed E-state index contributed by atoms with van der Waals surface area (Å²) < 4.78 is 6.07. The lowest BCUT2D eigenvalue weighted by molar-refractivity contribution is -0.208. The molecule has 0 bridgehead atoms. The van der Waals surface area contributed by atoms with Gasteiger partial charge in [-0.3, -0.25) is 9.78 Å². The molecule has 0 radical (unpaired) electrons. The van der Waals surface area contributed by atoms with Crippen molar-refractivity contribution < 1.29 is 19.7 Å². The number of anilines is 1. The van der Waals surface area contributed by atoms with E-state index in [2.05, 4.69) is 21.4 Å². The maximum Gasteiger partial charge on any atom is 0.291 e. The fraction of sp³-hybridized carbons (Fsp3) is 0.520. The zero-order valence-corrected chi connectivity index (χ0v) is 19.6. The maximum absolute atomic E-state index is 12.8. The summed E-state index contributed by atoms with van der Waals surface area (Å²) in [6.45, 7) is 3.40. The number of aliphatic hydroxyl groups is 2. The second kappa shape index (κ2) is 9.66. The van der Waals surface area contributed by atoms with E-state index in [0.29, 0.717) is 18.5 Å². The van der Waals surface area contributed by atoms with Gasteiger partial charge >= 0.3 is 0 Å². The van der Waals surface area contributed by atoms with Crippen LogP contribution in [0.2, 0.25) is 0 Å². The fourth-order valence-corrected chi connectivity index (χ4v) is 4.97. The zero-order valence-electron chi connectivity index (χ0n) is 19.6. The van der Waals surface area contributed by atoms with Crippen LogP contribution >= 0.6 is 0 Å². The Morgan fingerprint density at radius 1 is 1.24 bits per heavy atom. The molecule has 0 unspecified atom stereocenters. The van der Waals surface area contributed by atoms with Crippen LogP contribution in [0.25, 0.3) is 5.57 Å². The second-order valence-corrected chi connectivity index (χ2v) is 9.73. The van der Waals surface area contributed by atoms with Crippen LogP contribution in [0.15, 0.2) is 24.4 Å². The largest absolute Gasteiger partial charge is 0.393 e. The molecule has 1 aliphatic heterocycles. The van der Waals surface area contributed by atoms with E-state index in [1.165, 1.54) is 6.20 Å². The summed E-state index contributed by atoms with van der Waals surface area (Å²) in [7, 11) is 0. The monoisotopic (exact) mass is 465 g/mol. The summed E-state index contributed by atoms with van der Waals surface area (Å²) in [5.74, 6) is -0.412. The molecule has 2 aromatic heterocycles. The fourth-order valence-electron chi connectivity index (χ4n) is 4.97. The molecule has 0 spiro atoms. The highest BCUT2D eigenvalue weighted by Gasteiger charge is 2.45. The topological polar surface area (TPSA) is 144 Å². The molecule has 9 heteroatoms. The number of hydrogen-bond donors (Lipinski definition) is 4. The van der Waals surface area contributed by atoms with Crippen molar-refractivity contribution in [1.82, 2.24) is 15.0 Å². The van der Waals surface area contributed by atoms with Crippen molar-refractivity contribution in [1.29, 1.82) is 5.26 Å². The van der Waals surface area contributed by atoms with E-state index < -0.39 is 17.1 Å². The molecule has 3 heterocycles. The lowest BCUT2D eigenvalue weighted by atomic mass is 9.78. The molecule has 2 aromatic rings. The van der Waals surface area contributed by atoms with Crippen molar-refractivity contribution in [3.8, 4) is 6.07 Å². The minimum atomic E-state index is -0.781. The first-order valence-corrected chi connectivity index (χ1v) is 11.7. The number of nitrogens with one attached hydrogen (secondary N) is 2. The van der Waals surface area contributed by atoms with Gasteiger partial charge in [0, 0.05) is 17.8 Å². The normalized spacial score (nSPS) is 27.0. The highest BCUT2D eigenvalue weighted by Crippen LogP contribution is 2.44. The molecule has 1 amide bonds. The highest BCUT2D eigenvalue weighted by atomic mass is 16.5. The summed E-state index contributed by atoms with van der Waals surface area (Å²) in [4.78, 5) is 24.5. The number of pyridine rings is 1. The number of carbonyl (C=O) groups is 1. The van der Waals surface area contributed by atoms with Crippen molar-refractivity contribution in [2.45, 2.75) is 69.5 Å². The number of ether oxygens (including phenoxy) is 1. The number of nitriles is 1. The Balaban J connectivity index is 1.68. The van der Waals surface area contributed by atoms with E-state index in [4.69, 9.17) is 15.0 Å². The van der Waals surface area contributed by atoms with Gasteiger partial charge in [-0.05, 0) is 70.1 Å². The van der Waals surface area contributed by atoms with Gasteiger partial charge < -0.3 is 25.3 Å². The number of amides is 1. The lowest BCUT2D eigenvalue weighted by Crippen LogP contribution is -2.51. The van der Waals surface area contributed by atoms with E-state index in [0.717, 1.165) is 42.6 Å². The van der Waals surface area contributed by atoms with Crippen molar-refractivity contribution in [2.24, 2.45) is 0 Å². The summed E-state index contributed by atoms with van der Waals surface area (Å²) in [6.07, 6.45) is 8.71. The van der Waals surface area contributed by atoms with E-state index in [9.17, 15) is 15.0 Å². The summed E-state index contributed by atoms with van der Waals surface area (Å²) in [5.41, 5.74) is 1.81. The number of imidazole rings is 1. The average molecular weight is 466 g/mol. The van der Waals surface area contributed by atoms with Crippen molar-refractivity contribution in [3.63, 3.8) is 0 Å². The molecule has 9 nitrogen and oxygen atoms in total. The quantitative estimate of drug-likeness (QED) is 0.512. The van der Waals surface area contributed by atoms with Crippen LogP contribution in [0.4, 0.5) is 5.69 Å². The smallest absolute Gasteiger partial charge is 0.291 e. The van der Waals surface area contributed by atoms with E-state index >= 15 is 0 Å². The molecule has 4 rings (SSSR count). The summed E-state index contributed by atoms with van der Waals surface area (Å²) >= 11 is 0. The Kier molecular flexibility index (Phi) is 6.84. The van der Waals surface area contributed by atoms with Crippen LogP contribution in [0.5, 0.6) is 0 Å². The van der Waals surface area contributed by atoms with Gasteiger partial charge in [0.05, 0.1) is 35.8 Å². The average Bonchev–Trinajstić information content (AvgIpc) is 3.34. The van der Waals surface area contributed by atoms with Crippen LogP contribution in [0.1, 0.15) is 86.0 Å². The number of H-pyrrole nitrogens is 1. The molecular formula is C25H31N5O4. The Labute approximate surface area is 198 Å². The van der Waals surface area contributed by atoms with Crippen LogP contribution < -0.4 is 5.32 Å². The van der Waals surface area contributed by atoms with E-state index in [-0.39, 0.29) is 30.7 Å². The van der Waals surface area contributed by atoms with Gasteiger partial charge in [0.15, 0.2) is 11.5 Å².